The molecule has 7 nitrogen and oxygen atoms in total. The van der Waals surface area contributed by atoms with Crippen LogP contribution in [0.1, 0.15) is 47.0 Å². The number of nitrogens with zero attached hydrogens (tertiary/aromatic N) is 1. The number of unbranched alkanes of at least 4 members (excludes halogenated alkanes) is 1. The first-order valence-corrected chi connectivity index (χ1v) is 7.80. The molecule has 130 valence electrons. The lowest BCUT2D eigenvalue weighted by Crippen LogP contribution is -2.47. The highest BCUT2D eigenvalue weighted by Crippen LogP contribution is 2.06. The average Bonchev–Trinajstić information content (AvgIpc) is 2.40. The molecule has 0 heterocycles. The minimum atomic E-state index is -0.503. The monoisotopic (exact) mass is 316 g/mol. The maximum Gasteiger partial charge on any atom is 0.407 e. The van der Waals surface area contributed by atoms with Crippen molar-refractivity contribution in [1.82, 2.24) is 10.6 Å². The van der Waals surface area contributed by atoms with Crippen LogP contribution in [0.15, 0.2) is 4.99 Å². The number of ether oxygens (including phenoxy) is 2. The van der Waals surface area contributed by atoms with Crippen LogP contribution in [-0.4, -0.2) is 50.5 Å². The van der Waals surface area contributed by atoms with Gasteiger partial charge in [-0.05, 0) is 27.2 Å². The number of hydrogen-bond donors (Lipinski definition) is 3. The van der Waals surface area contributed by atoms with Gasteiger partial charge in [-0.3, -0.25) is 4.99 Å². The Balaban J connectivity index is 4.33. The van der Waals surface area contributed by atoms with E-state index in [1.165, 1.54) is 0 Å². The summed E-state index contributed by atoms with van der Waals surface area (Å²) in [5.74, 6) is 0.365. The highest BCUT2D eigenvalue weighted by molar-refractivity contribution is 5.78. The molecule has 0 radical (unpaired) electrons. The van der Waals surface area contributed by atoms with E-state index in [4.69, 9.17) is 15.2 Å². The number of nitrogens with one attached hydrogen (secondary N) is 2. The molecule has 0 aliphatic rings. The number of methoxy groups -OCH3 is 1. The highest BCUT2D eigenvalue weighted by atomic mass is 16.6. The largest absolute Gasteiger partial charge is 0.444 e. The van der Waals surface area contributed by atoms with Crippen molar-refractivity contribution < 1.29 is 14.3 Å². The van der Waals surface area contributed by atoms with Crippen molar-refractivity contribution in [3.63, 3.8) is 0 Å². The molecule has 0 aliphatic heterocycles. The van der Waals surface area contributed by atoms with Crippen LogP contribution in [0.25, 0.3) is 0 Å². The normalized spacial score (nSPS) is 13.6. The molecule has 0 aromatic rings. The molecule has 4 N–H and O–H groups in total. The van der Waals surface area contributed by atoms with Crippen LogP contribution in [-0.2, 0) is 9.47 Å². The highest BCUT2D eigenvalue weighted by Gasteiger charge is 2.17. The fourth-order valence-electron chi connectivity index (χ4n) is 1.71. The number of nitrogens with two attached hydrogens (primary N) is 1. The van der Waals surface area contributed by atoms with Gasteiger partial charge in [-0.15, -0.1) is 0 Å². The zero-order chi connectivity index (χ0) is 17.0. The molecular weight excluding hydrogens is 284 g/mol. The maximum absolute atomic E-state index is 11.7. The van der Waals surface area contributed by atoms with Crippen molar-refractivity contribution in [2.24, 2.45) is 10.7 Å². The zero-order valence-corrected chi connectivity index (χ0v) is 14.6. The molecule has 22 heavy (non-hydrogen) atoms. The Morgan fingerprint density at radius 3 is 2.59 bits per heavy atom. The van der Waals surface area contributed by atoms with Gasteiger partial charge in [0.25, 0.3) is 0 Å². The molecule has 1 unspecified atom stereocenters. The molecule has 0 fully saturated rings. The first-order chi connectivity index (χ1) is 10.3. The van der Waals surface area contributed by atoms with E-state index in [1.807, 2.05) is 20.8 Å². The van der Waals surface area contributed by atoms with E-state index >= 15 is 0 Å². The summed E-state index contributed by atoms with van der Waals surface area (Å²) in [5, 5.41) is 5.89. The standard InChI is InChI=1S/C15H32N4O3/c1-6-7-8-12(19-13(16)17-9-10-21-5)11-18-14(20)22-15(2,3)4/h12H,6-11H2,1-5H3,(H,18,20)(H3,16,17,19). The summed E-state index contributed by atoms with van der Waals surface area (Å²) in [6.45, 7) is 9.09. The topological polar surface area (TPSA) is 98.0 Å². The number of carbonyl (C=O) groups excluding carboxylic acids is 1. The summed E-state index contributed by atoms with van der Waals surface area (Å²) in [5.41, 5.74) is 5.33. The summed E-state index contributed by atoms with van der Waals surface area (Å²) in [6, 6.07) is 0.0266. The number of amides is 1. The minimum absolute atomic E-state index is 0.0266. The average molecular weight is 316 g/mol. The SMILES string of the molecule is CCCCC(CNC(=O)OC(C)(C)C)NC(N)=NCCOC. The summed E-state index contributed by atoms with van der Waals surface area (Å²) in [7, 11) is 1.62. The van der Waals surface area contributed by atoms with E-state index in [2.05, 4.69) is 22.5 Å². The molecule has 1 amide bonds. The predicted octanol–water partition coefficient (Wildman–Crippen LogP) is 1.62. The van der Waals surface area contributed by atoms with Crippen LogP contribution >= 0.6 is 0 Å². The van der Waals surface area contributed by atoms with Crippen LogP contribution < -0.4 is 16.4 Å². The van der Waals surface area contributed by atoms with Gasteiger partial charge in [0.15, 0.2) is 5.96 Å². The Morgan fingerprint density at radius 2 is 2.05 bits per heavy atom. The molecule has 0 bridgehead atoms. The Morgan fingerprint density at radius 1 is 1.36 bits per heavy atom. The maximum atomic E-state index is 11.7. The summed E-state index contributed by atoms with van der Waals surface area (Å²) < 4.78 is 10.1. The minimum Gasteiger partial charge on any atom is -0.444 e. The van der Waals surface area contributed by atoms with Crippen LogP contribution in [0.5, 0.6) is 0 Å². The van der Waals surface area contributed by atoms with E-state index in [0.29, 0.717) is 25.7 Å². The van der Waals surface area contributed by atoms with Crippen LogP contribution in [0.4, 0.5) is 4.79 Å². The second-order valence-corrected chi connectivity index (χ2v) is 6.13. The molecule has 0 saturated carbocycles. The van der Waals surface area contributed by atoms with E-state index in [1.54, 1.807) is 7.11 Å². The fraction of sp³-hybridized carbons (Fsp3) is 0.867. The van der Waals surface area contributed by atoms with Gasteiger partial charge in [0.2, 0.25) is 0 Å². The first kappa shape index (κ1) is 20.5. The van der Waals surface area contributed by atoms with Crippen molar-refractivity contribution >= 4 is 12.1 Å². The summed E-state index contributed by atoms with van der Waals surface area (Å²) in [4.78, 5) is 15.9. The van der Waals surface area contributed by atoms with Gasteiger partial charge in [0.1, 0.15) is 5.60 Å². The van der Waals surface area contributed by atoms with Crippen molar-refractivity contribution in [1.29, 1.82) is 0 Å². The number of hydrogen-bond acceptors (Lipinski definition) is 4. The second kappa shape index (κ2) is 11.1. The first-order valence-electron chi connectivity index (χ1n) is 7.80. The molecule has 0 aliphatic carbocycles. The molecule has 7 heteroatoms. The summed E-state index contributed by atoms with van der Waals surface area (Å²) >= 11 is 0. The smallest absolute Gasteiger partial charge is 0.407 e. The van der Waals surface area contributed by atoms with E-state index in [9.17, 15) is 4.79 Å². The predicted molar refractivity (Wildman–Crippen MR) is 89.1 cm³/mol. The quantitative estimate of drug-likeness (QED) is 0.341. The van der Waals surface area contributed by atoms with Gasteiger partial charge in [-0.25, -0.2) is 4.79 Å². The Labute approximate surface area is 134 Å². The van der Waals surface area contributed by atoms with Crippen LogP contribution in [0, 0.1) is 0 Å². The molecule has 0 aromatic carbocycles. The van der Waals surface area contributed by atoms with Gasteiger partial charge in [-0.1, -0.05) is 19.8 Å². The Bertz CT molecular complexity index is 340. The molecule has 1 atom stereocenters. The lowest BCUT2D eigenvalue weighted by molar-refractivity contribution is 0.0523. The van der Waals surface area contributed by atoms with Crippen LogP contribution in [0.2, 0.25) is 0 Å². The van der Waals surface area contributed by atoms with Crippen molar-refractivity contribution in [2.45, 2.75) is 58.6 Å². The fourth-order valence-corrected chi connectivity index (χ4v) is 1.71. The number of alkyl carbamates (subject to hydrolysis) is 1. The molecular formula is C15H32N4O3. The third-order valence-electron chi connectivity index (χ3n) is 2.73. The lowest BCUT2D eigenvalue weighted by Gasteiger charge is -2.23. The van der Waals surface area contributed by atoms with E-state index in [0.717, 1.165) is 19.3 Å². The van der Waals surface area contributed by atoms with Gasteiger partial charge in [-0.2, -0.15) is 0 Å². The Hall–Kier alpha value is -1.50. The Kier molecular flexibility index (Phi) is 10.4. The van der Waals surface area contributed by atoms with E-state index < -0.39 is 11.7 Å². The van der Waals surface area contributed by atoms with Gasteiger partial charge < -0.3 is 25.8 Å². The number of guanidine groups is 1. The molecule has 0 rings (SSSR count). The van der Waals surface area contributed by atoms with Crippen molar-refractivity contribution in [2.75, 3.05) is 26.8 Å². The number of rotatable bonds is 9. The van der Waals surface area contributed by atoms with Crippen molar-refractivity contribution in [3.05, 3.63) is 0 Å². The van der Waals surface area contributed by atoms with Gasteiger partial charge >= 0.3 is 6.09 Å². The van der Waals surface area contributed by atoms with Gasteiger partial charge in [0, 0.05) is 19.7 Å². The third kappa shape index (κ3) is 12.3. The molecule has 0 spiro atoms. The molecule has 0 saturated heterocycles. The third-order valence-corrected chi connectivity index (χ3v) is 2.73. The lowest BCUT2D eigenvalue weighted by atomic mass is 10.1. The number of aliphatic imine (C=N–C) groups is 1. The second-order valence-electron chi connectivity index (χ2n) is 6.13. The number of carbonyl (C=O) groups is 1. The van der Waals surface area contributed by atoms with E-state index in [-0.39, 0.29) is 6.04 Å². The van der Waals surface area contributed by atoms with Gasteiger partial charge in [0.05, 0.1) is 13.2 Å². The van der Waals surface area contributed by atoms with Crippen LogP contribution in [0.3, 0.4) is 0 Å². The molecule has 0 aromatic heterocycles. The zero-order valence-electron chi connectivity index (χ0n) is 14.6. The van der Waals surface area contributed by atoms with Crippen molar-refractivity contribution in [3.8, 4) is 0 Å². The summed E-state index contributed by atoms with van der Waals surface area (Å²) in [6.07, 6.45) is 2.59.